The molecule has 0 bridgehead atoms. The van der Waals surface area contributed by atoms with Gasteiger partial charge in [-0.2, -0.15) is 0 Å². The average molecular weight is 269 g/mol. The minimum atomic E-state index is -0.401. The predicted molar refractivity (Wildman–Crippen MR) is 73.8 cm³/mol. The van der Waals surface area contributed by atoms with Crippen LogP contribution in [0.2, 0.25) is 0 Å². The van der Waals surface area contributed by atoms with Crippen LogP contribution in [0.5, 0.6) is 0 Å². The molecule has 0 atom stereocenters. The Bertz CT molecular complexity index is 310. The van der Waals surface area contributed by atoms with Crippen LogP contribution in [0.25, 0.3) is 0 Å². The summed E-state index contributed by atoms with van der Waals surface area (Å²) in [6, 6.07) is 0. The van der Waals surface area contributed by atoms with Crippen LogP contribution in [0, 0.1) is 17.8 Å². The fraction of sp³-hybridized carbons (Fsp3) is 0.933. The molecule has 1 amide bonds. The number of aliphatic hydroxyl groups excluding tert-OH is 1. The van der Waals surface area contributed by atoms with Gasteiger partial charge in [0.05, 0.1) is 0 Å². The maximum absolute atomic E-state index is 11.8. The second-order valence-electron chi connectivity index (χ2n) is 7.11. The molecule has 2 aliphatic rings. The summed E-state index contributed by atoms with van der Waals surface area (Å²) in [4.78, 5) is 13.7. The second kappa shape index (κ2) is 5.70. The Balaban J connectivity index is 1.70. The number of amides is 1. The van der Waals surface area contributed by atoms with E-state index in [0.29, 0.717) is 18.4 Å². The molecule has 0 radical (unpaired) electrons. The first-order valence-corrected chi connectivity index (χ1v) is 7.48. The van der Waals surface area contributed by atoms with E-state index >= 15 is 0 Å². The lowest BCUT2D eigenvalue weighted by Crippen LogP contribution is -2.54. The number of rotatable bonds is 2. The van der Waals surface area contributed by atoms with E-state index in [1.165, 1.54) is 12.8 Å². The normalized spacial score (nSPS) is 28.9. The van der Waals surface area contributed by atoms with Gasteiger partial charge in [-0.3, -0.25) is 0 Å². The first-order chi connectivity index (χ1) is 8.89. The molecule has 0 aromatic heterocycles. The van der Waals surface area contributed by atoms with Crippen molar-refractivity contribution in [1.82, 2.24) is 4.90 Å². The van der Waals surface area contributed by atoms with Crippen molar-refractivity contribution in [2.75, 3.05) is 19.7 Å². The maximum Gasteiger partial charge on any atom is 0.410 e. The number of hydrogen-bond donors (Lipinski definition) is 1. The highest BCUT2D eigenvalue weighted by atomic mass is 16.6. The number of aliphatic hydroxyl groups is 1. The van der Waals surface area contributed by atoms with E-state index in [1.807, 2.05) is 25.7 Å². The zero-order valence-electron chi connectivity index (χ0n) is 12.4. The van der Waals surface area contributed by atoms with Crippen LogP contribution >= 0.6 is 0 Å². The monoisotopic (exact) mass is 269 g/mol. The lowest BCUT2D eigenvalue weighted by atomic mass is 9.73. The van der Waals surface area contributed by atoms with Crippen molar-refractivity contribution in [2.24, 2.45) is 17.8 Å². The van der Waals surface area contributed by atoms with E-state index in [4.69, 9.17) is 9.84 Å². The van der Waals surface area contributed by atoms with E-state index in [1.54, 1.807) is 0 Å². The van der Waals surface area contributed by atoms with E-state index < -0.39 is 5.60 Å². The van der Waals surface area contributed by atoms with Crippen LogP contribution in [-0.4, -0.2) is 41.4 Å². The molecular weight excluding hydrogens is 242 g/mol. The summed E-state index contributed by atoms with van der Waals surface area (Å²) in [6.07, 6.45) is 4.53. The molecule has 1 saturated carbocycles. The molecule has 0 spiro atoms. The van der Waals surface area contributed by atoms with Crippen LogP contribution < -0.4 is 0 Å². The molecule has 2 rings (SSSR count). The zero-order chi connectivity index (χ0) is 14.0. The highest BCUT2D eigenvalue weighted by Crippen LogP contribution is 2.37. The van der Waals surface area contributed by atoms with Gasteiger partial charge in [0.15, 0.2) is 0 Å². The molecule has 1 N–H and O–H groups in total. The molecule has 4 heteroatoms. The van der Waals surface area contributed by atoms with Crippen LogP contribution in [0.4, 0.5) is 4.79 Å². The maximum atomic E-state index is 11.8. The topological polar surface area (TPSA) is 49.8 Å². The minimum Gasteiger partial charge on any atom is -0.444 e. The molecular formula is C15H27NO3. The Hall–Kier alpha value is -0.770. The van der Waals surface area contributed by atoms with Crippen molar-refractivity contribution >= 4 is 6.09 Å². The lowest BCUT2D eigenvalue weighted by molar-refractivity contribution is -0.0170. The van der Waals surface area contributed by atoms with Crippen LogP contribution in [0.3, 0.4) is 0 Å². The lowest BCUT2D eigenvalue weighted by Gasteiger charge is -2.45. The molecule has 1 aliphatic carbocycles. The molecule has 2 fully saturated rings. The molecule has 1 heterocycles. The van der Waals surface area contributed by atoms with Crippen molar-refractivity contribution in [3.05, 3.63) is 0 Å². The Labute approximate surface area is 116 Å². The number of carbonyl (C=O) groups excluding carboxylic acids is 1. The van der Waals surface area contributed by atoms with Gasteiger partial charge in [-0.25, -0.2) is 4.79 Å². The van der Waals surface area contributed by atoms with E-state index in [9.17, 15) is 4.79 Å². The number of ether oxygens (including phenoxy) is 1. The highest BCUT2D eigenvalue weighted by Gasteiger charge is 2.39. The fourth-order valence-corrected chi connectivity index (χ4v) is 3.13. The number of likely N-dealkylation sites (tertiary alicyclic amines) is 1. The van der Waals surface area contributed by atoms with E-state index in [-0.39, 0.29) is 6.09 Å². The van der Waals surface area contributed by atoms with Gasteiger partial charge in [0.25, 0.3) is 0 Å². The van der Waals surface area contributed by atoms with Gasteiger partial charge in [-0.15, -0.1) is 0 Å². The summed E-state index contributed by atoms with van der Waals surface area (Å²) < 4.78 is 5.37. The Morgan fingerprint density at radius 2 is 1.74 bits per heavy atom. The van der Waals surface area contributed by atoms with E-state index in [0.717, 1.165) is 31.8 Å². The second-order valence-corrected chi connectivity index (χ2v) is 7.11. The molecule has 0 aromatic rings. The van der Waals surface area contributed by atoms with Crippen LogP contribution in [0.15, 0.2) is 0 Å². The Kier molecular flexibility index (Phi) is 4.39. The molecule has 19 heavy (non-hydrogen) atoms. The Morgan fingerprint density at radius 1 is 1.16 bits per heavy atom. The number of carbonyl (C=O) groups is 1. The minimum absolute atomic E-state index is 0.173. The summed E-state index contributed by atoms with van der Waals surface area (Å²) in [5.74, 6) is 1.90. The van der Waals surface area contributed by atoms with Gasteiger partial charge in [0.2, 0.25) is 0 Å². The molecule has 1 saturated heterocycles. The smallest absolute Gasteiger partial charge is 0.410 e. The van der Waals surface area contributed by atoms with Crippen LogP contribution in [0.1, 0.15) is 46.5 Å². The molecule has 4 nitrogen and oxygen atoms in total. The van der Waals surface area contributed by atoms with Crippen molar-refractivity contribution in [2.45, 2.75) is 52.1 Å². The number of nitrogens with zero attached hydrogens (tertiary/aromatic N) is 1. The largest absolute Gasteiger partial charge is 0.444 e. The summed E-state index contributed by atoms with van der Waals surface area (Å²) in [5, 5.41) is 9.14. The standard InChI is InChI=1S/C15H27NO3/c1-15(2,3)19-14(18)16-8-13(9-16)12-6-4-11(10-17)5-7-12/h11-13,17H,4-10H2,1-3H3. The van der Waals surface area contributed by atoms with Gasteiger partial charge in [-0.05, 0) is 64.2 Å². The fourth-order valence-electron chi connectivity index (χ4n) is 3.13. The average Bonchev–Trinajstić information content (AvgIpc) is 2.25. The summed E-state index contributed by atoms with van der Waals surface area (Å²) in [6.45, 7) is 7.74. The van der Waals surface area contributed by atoms with Gasteiger partial charge in [0, 0.05) is 19.7 Å². The first-order valence-electron chi connectivity index (χ1n) is 7.48. The quantitative estimate of drug-likeness (QED) is 0.838. The SMILES string of the molecule is CC(C)(C)OC(=O)N1CC(C2CCC(CO)CC2)C1. The molecule has 0 aromatic carbocycles. The van der Waals surface area contributed by atoms with Gasteiger partial charge in [-0.1, -0.05) is 0 Å². The van der Waals surface area contributed by atoms with Crippen molar-refractivity contribution in [3.63, 3.8) is 0 Å². The highest BCUT2D eigenvalue weighted by molar-refractivity contribution is 5.69. The van der Waals surface area contributed by atoms with Crippen molar-refractivity contribution in [1.29, 1.82) is 0 Å². The third-order valence-corrected chi connectivity index (χ3v) is 4.38. The summed E-state index contributed by atoms with van der Waals surface area (Å²) in [5.41, 5.74) is -0.401. The zero-order valence-corrected chi connectivity index (χ0v) is 12.4. The van der Waals surface area contributed by atoms with Gasteiger partial charge < -0.3 is 14.7 Å². The third kappa shape index (κ3) is 3.85. The van der Waals surface area contributed by atoms with Gasteiger partial charge >= 0.3 is 6.09 Å². The van der Waals surface area contributed by atoms with Crippen LogP contribution in [-0.2, 0) is 4.74 Å². The summed E-state index contributed by atoms with van der Waals surface area (Å²) in [7, 11) is 0. The van der Waals surface area contributed by atoms with Gasteiger partial charge in [0.1, 0.15) is 5.60 Å². The predicted octanol–water partition coefficient (Wildman–Crippen LogP) is 2.65. The first kappa shape index (κ1) is 14.6. The number of hydrogen-bond acceptors (Lipinski definition) is 3. The Morgan fingerprint density at radius 3 is 2.21 bits per heavy atom. The third-order valence-electron chi connectivity index (χ3n) is 4.38. The molecule has 0 unspecified atom stereocenters. The van der Waals surface area contributed by atoms with Crippen molar-refractivity contribution in [3.8, 4) is 0 Å². The molecule has 110 valence electrons. The summed E-state index contributed by atoms with van der Waals surface area (Å²) >= 11 is 0. The van der Waals surface area contributed by atoms with E-state index in [2.05, 4.69) is 0 Å². The van der Waals surface area contributed by atoms with Crippen molar-refractivity contribution < 1.29 is 14.6 Å². The molecule has 1 aliphatic heterocycles.